The first-order valence-corrected chi connectivity index (χ1v) is 10.2. The standard InChI is InChI=1S/C19H25F3N4O2S/c1-25(2)15-9-5-13(6-10-15)17(23)18(24-29(27,28)19(20,21)22)14-7-11-16(12-8-14)26(3)4/h5-12,17-18,24H,23H2,1-4H3. The Bertz CT molecular complexity index is 912. The van der Waals surface area contributed by atoms with E-state index in [1.807, 2.05) is 38.0 Å². The third-order valence-electron chi connectivity index (χ3n) is 4.51. The third kappa shape index (κ3) is 5.40. The van der Waals surface area contributed by atoms with Gasteiger partial charge in [-0.3, -0.25) is 0 Å². The van der Waals surface area contributed by atoms with Gasteiger partial charge in [-0.1, -0.05) is 24.3 Å². The van der Waals surface area contributed by atoms with Gasteiger partial charge in [0.15, 0.2) is 0 Å². The predicted molar refractivity (Wildman–Crippen MR) is 109 cm³/mol. The summed E-state index contributed by atoms with van der Waals surface area (Å²) in [7, 11) is 1.74. The molecule has 0 aliphatic carbocycles. The van der Waals surface area contributed by atoms with Crippen molar-refractivity contribution in [2.24, 2.45) is 5.73 Å². The summed E-state index contributed by atoms with van der Waals surface area (Å²) >= 11 is 0. The molecule has 2 aromatic carbocycles. The monoisotopic (exact) mass is 430 g/mol. The van der Waals surface area contributed by atoms with Gasteiger partial charge in [-0.25, -0.2) is 8.42 Å². The molecular weight excluding hydrogens is 405 g/mol. The summed E-state index contributed by atoms with van der Waals surface area (Å²) in [6.45, 7) is 0. The van der Waals surface area contributed by atoms with Crippen LogP contribution in [0.4, 0.5) is 24.5 Å². The van der Waals surface area contributed by atoms with E-state index in [1.54, 1.807) is 53.3 Å². The number of nitrogens with two attached hydrogens (primary N) is 1. The summed E-state index contributed by atoms with van der Waals surface area (Å²) in [5.41, 5.74) is 3.31. The molecule has 0 radical (unpaired) electrons. The van der Waals surface area contributed by atoms with Gasteiger partial charge >= 0.3 is 15.5 Å². The van der Waals surface area contributed by atoms with Crippen LogP contribution in [0.1, 0.15) is 23.2 Å². The van der Waals surface area contributed by atoms with E-state index in [0.717, 1.165) is 11.4 Å². The number of nitrogens with zero attached hydrogens (tertiary/aromatic N) is 2. The number of sulfonamides is 1. The molecular formula is C19H25F3N4O2S. The highest BCUT2D eigenvalue weighted by molar-refractivity contribution is 7.90. The van der Waals surface area contributed by atoms with Crippen LogP contribution in [0.5, 0.6) is 0 Å². The largest absolute Gasteiger partial charge is 0.511 e. The maximum absolute atomic E-state index is 13.0. The van der Waals surface area contributed by atoms with E-state index in [1.165, 1.54) is 0 Å². The van der Waals surface area contributed by atoms with Crippen molar-refractivity contribution in [3.05, 3.63) is 59.7 Å². The molecule has 10 heteroatoms. The molecule has 0 aliphatic heterocycles. The minimum absolute atomic E-state index is 0.326. The Labute approximate surface area is 169 Å². The van der Waals surface area contributed by atoms with Gasteiger partial charge in [0.1, 0.15) is 0 Å². The molecule has 2 atom stereocenters. The third-order valence-corrected chi connectivity index (χ3v) is 5.68. The molecule has 0 amide bonds. The second-order valence-electron chi connectivity index (χ2n) is 7.04. The lowest BCUT2D eigenvalue weighted by Crippen LogP contribution is -2.42. The fraction of sp³-hybridized carbons (Fsp3) is 0.368. The normalized spacial score (nSPS) is 14.3. The van der Waals surface area contributed by atoms with Crippen LogP contribution < -0.4 is 20.3 Å². The summed E-state index contributed by atoms with van der Waals surface area (Å²) < 4.78 is 64.3. The van der Waals surface area contributed by atoms with Gasteiger partial charge < -0.3 is 15.5 Å². The number of anilines is 2. The Hall–Kier alpha value is -2.30. The van der Waals surface area contributed by atoms with Crippen molar-refractivity contribution in [2.45, 2.75) is 17.6 Å². The zero-order valence-corrected chi connectivity index (χ0v) is 17.4. The summed E-state index contributed by atoms with van der Waals surface area (Å²) in [5, 5.41) is 0. The second kappa shape index (κ2) is 8.60. The Kier molecular flexibility index (Phi) is 6.82. The first-order valence-electron chi connectivity index (χ1n) is 8.72. The topological polar surface area (TPSA) is 78.7 Å². The summed E-state index contributed by atoms with van der Waals surface area (Å²) in [4.78, 5) is 3.68. The number of hydrogen-bond acceptors (Lipinski definition) is 5. The minimum atomic E-state index is -5.59. The van der Waals surface area contributed by atoms with Gasteiger partial charge in [-0.2, -0.15) is 17.9 Å². The van der Waals surface area contributed by atoms with E-state index in [-0.39, 0.29) is 0 Å². The lowest BCUT2D eigenvalue weighted by molar-refractivity contribution is -0.0451. The van der Waals surface area contributed by atoms with Crippen molar-refractivity contribution in [3.63, 3.8) is 0 Å². The maximum atomic E-state index is 13.0. The maximum Gasteiger partial charge on any atom is 0.511 e. The minimum Gasteiger partial charge on any atom is -0.378 e. The average molecular weight is 430 g/mol. The van der Waals surface area contributed by atoms with E-state index in [0.29, 0.717) is 11.1 Å². The van der Waals surface area contributed by atoms with Crippen molar-refractivity contribution in [2.75, 3.05) is 38.0 Å². The van der Waals surface area contributed by atoms with Crippen LogP contribution in [-0.2, 0) is 10.0 Å². The SMILES string of the molecule is CN(C)c1ccc(C(N)C(NS(=O)(=O)C(F)(F)F)c2ccc(N(C)C)cc2)cc1. The Balaban J connectivity index is 2.45. The molecule has 0 saturated heterocycles. The van der Waals surface area contributed by atoms with Gasteiger partial charge in [0.25, 0.3) is 0 Å². The van der Waals surface area contributed by atoms with Crippen molar-refractivity contribution < 1.29 is 21.6 Å². The number of rotatable bonds is 7. The molecule has 0 spiro atoms. The number of alkyl halides is 3. The van der Waals surface area contributed by atoms with E-state index in [4.69, 9.17) is 5.73 Å². The fourth-order valence-electron chi connectivity index (χ4n) is 2.75. The predicted octanol–water partition coefficient (Wildman–Crippen LogP) is 3.00. The highest BCUT2D eigenvalue weighted by Gasteiger charge is 2.47. The number of nitrogens with one attached hydrogen (secondary N) is 1. The van der Waals surface area contributed by atoms with E-state index < -0.39 is 27.6 Å². The lowest BCUT2D eigenvalue weighted by Gasteiger charge is -2.27. The zero-order valence-electron chi connectivity index (χ0n) is 16.6. The smallest absolute Gasteiger partial charge is 0.378 e. The molecule has 0 aliphatic rings. The fourth-order valence-corrected chi connectivity index (χ4v) is 3.50. The van der Waals surface area contributed by atoms with Crippen molar-refractivity contribution in [1.82, 2.24) is 4.72 Å². The van der Waals surface area contributed by atoms with Crippen LogP contribution in [-0.4, -0.2) is 42.1 Å². The van der Waals surface area contributed by atoms with Crippen LogP contribution in [0.2, 0.25) is 0 Å². The van der Waals surface area contributed by atoms with Crippen molar-refractivity contribution in [1.29, 1.82) is 0 Å². The molecule has 2 unspecified atom stereocenters. The summed E-state index contributed by atoms with van der Waals surface area (Å²) in [6.07, 6.45) is 0. The Morgan fingerprint density at radius 3 is 1.55 bits per heavy atom. The number of hydrogen-bond donors (Lipinski definition) is 2. The van der Waals surface area contributed by atoms with Gasteiger partial charge in [0.05, 0.1) is 12.1 Å². The quantitative estimate of drug-likeness (QED) is 0.706. The van der Waals surface area contributed by atoms with Crippen molar-refractivity contribution >= 4 is 21.4 Å². The Morgan fingerprint density at radius 2 is 1.21 bits per heavy atom. The highest BCUT2D eigenvalue weighted by Crippen LogP contribution is 2.32. The number of benzene rings is 2. The zero-order chi connectivity index (χ0) is 22.0. The van der Waals surface area contributed by atoms with Gasteiger partial charge in [0, 0.05) is 39.6 Å². The Morgan fingerprint density at radius 1 is 0.828 bits per heavy atom. The van der Waals surface area contributed by atoms with E-state index >= 15 is 0 Å². The molecule has 0 bridgehead atoms. The van der Waals surface area contributed by atoms with Gasteiger partial charge in [-0.05, 0) is 35.4 Å². The van der Waals surface area contributed by atoms with Gasteiger partial charge in [-0.15, -0.1) is 0 Å². The molecule has 0 aromatic heterocycles. The molecule has 160 valence electrons. The van der Waals surface area contributed by atoms with Crippen molar-refractivity contribution in [3.8, 4) is 0 Å². The van der Waals surface area contributed by atoms with Crippen LogP contribution in [0.15, 0.2) is 48.5 Å². The average Bonchev–Trinajstić information content (AvgIpc) is 2.65. The van der Waals surface area contributed by atoms with Gasteiger partial charge in [0.2, 0.25) is 0 Å². The first-order chi connectivity index (χ1) is 13.3. The number of halogens is 3. The molecule has 6 nitrogen and oxygen atoms in total. The van der Waals surface area contributed by atoms with Crippen LogP contribution in [0.25, 0.3) is 0 Å². The van der Waals surface area contributed by atoms with E-state index in [9.17, 15) is 21.6 Å². The van der Waals surface area contributed by atoms with E-state index in [2.05, 4.69) is 0 Å². The molecule has 3 N–H and O–H groups in total. The first kappa shape index (κ1) is 23.0. The lowest BCUT2D eigenvalue weighted by atomic mass is 9.94. The highest BCUT2D eigenvalue weighted by atomic mass is 32.2. The molecule has 29 heavy (non-hydrogen) atoms. The molecule has 0 heterocycles. The summed E-state index contributed by atoms with van der Waals surface area (Å²) in [6, 6.07) is 11.0. The molecule has 2 aromatic rings. The molecule has 0 saturated carbocycles. The van der Waals surface area contributed by atoms with Crippen LogP contribution in [0.3, 0.4) is 0 Å². The molecule has 2 rings (SSSR count). The summed E-state index contributed by atoms with van der Waals surface area (Å²) in [5.74, 6) is 0. The van der Waals surface area contributed by atoms with Crippen LogP contribution in [0, 0.1) is 0 Å². The molecule has 0 fully saturated rings. The van der Waals surface area contributed by atoms with Crippen LogP contribution >= 0.6 is 0 Å². The second-order valence-corrected chi connectivity index (χ2v) is 8.75.